The van der Waals surface area contributed by atoms with E-state index in [2.05, 4.69) is 12.2 Å². The number of nitrogens with zero attached hydrogens (tertiary/aromatic N) is 1. The number of nitrogens with one attached hydrogen (secondary N) is 1. The lowest BCUT2D eigenvalue weighted by atomic mass is 10.0. The first-order valence-electron chi connectivity index (χ1n) is 9.62. The van der Waals surface area contributed by atoms with Gasteiger partial charge in [-0.15, -0.1) is 0 Å². The van der Waals surface area contributed by atoms with Crippen molar-refractivity contribution in [2.45, 2.75) is 38.9 Å². The Kier molecular flexibility index (Phi) is 6.48. The zero-order valence-electron chi connectivity index (χ0n) is 16.1. The average molecular weight is 368 g/mol. The molecule has 1 saturated heterocycles. The van der Waals surface area contributed by atoms with Crippen molar-refractivity contribution in [1.29, 1.82) is 0 Å². The fourth-order valence-electron chi connectivity index (χ4n) is 3.44. The topological polar surface area (TPSA) is 61.8 Å². The zero-order chi connectivity index (χ0) is 19.2. The van der Waals surface area contributed by atoms with Crippen molar-refractivity contribution in [1.82, 2.24) is 4.90 Å². The van der Waals surface area contributed by atoms with Crippen molar-refractivity contribution >= 4 is 17.3 Å². The minimum atomic E-state index is -0.912. The number of benzene rings is 2. The Labute approximate surface area is 161 Å². The summed E-state index contributed by atoms with van der Waals surface area (Å²) in [5, 5.41) is 13.1. The highest BCUT2D eigenvalue weighted by Gasteiger charge is 2.19. The van der Waals surface area contributed by atoms with E-state index in [4.69, 9.17) is 4.74 Å². The lowest BCUT2D eigenvalue weighted by Crippen LogP contribution is -2.35. The Morgan fingerprint density at radius 3 is 2.48 bits per heavy atom. The number of carbonyl (C=O) groups excluding carboxylic acids is 1. The van der Waals surface area contributed by atoms with Crippen LogP contribution in [0.4, 0.5) is 11.4 Å². The minimum absolute atomic E-state index is 0.133. The molecule has 144 valence electrons. The van der Waals surface area contributed by atoms with E-state index in [1.807, 2.05) is 47.4 Å². The Hall–Kier alpha value is -2.37. The molecule has 2 aromatic carbocycles. The number of aliphatic hydroxyl groups is 1. The van der Waals surface area contributed by atoms with Gasteiger partial charge in [-0.3, -0.25) is 4.79 Å². The van der Waals surface area contributed by atoms with Gasteiger partial charge in [-0.05, 0) is 61.6 Å². The second-order valence-electron chi connectivity index (χ2n) is 6.91. The van der Waals surface area contributed by atoms with Crippen LogP contribution in [0.1, 0.15) is 54.0 Å². The minimum Gasteiger partial charge on any atom is -0.364 e. The van der Waals surface area contributed by atoms with E-state index in [9.17, 15) is 9.90 Å². The molecule has 5 heteroatoms. The number of likely N-dealkylation sites (tertiary alicyclic amines) is 1. The molecule has 2 aromatic rings. The summed E-state index contributed by atoms with van der Waals surface area (Å²) in [6.07, 6.45) is 3.33. The molecule has 0 aromatic heterocycles. The predicted octanol–water partition coefficient (Wildman–Crippen LogP) is 4.26. The molecule has 27 heavy (non-hydrogen) atoms. The number of rotatable bonds is 6. The standard InChI is InChI=1S/C22H28N2O3/c1-3-16-15-18(21(25)24-13-5-4-6-14-24)9-12-20(16)23-19-10-7-17(8-11-19)22(26)27-2/h7-12,15,22-23,26H,3-6,13-14H2,1-2H3. The Morgan fingerprint density at radius 2 is 1.85 bits per heavy atom. The van der Waals surface area contributed by atoms with Gasteiger partial charge in [0.15, 0.2) is 6.29 Å². The van der Waals surface area contributed by atoms with Gasteiger partial charge < -0.3 is 20.1 Å². The summed E-state index contributed by atoms with van der Waals surface area (Å²) < 4.78 is 4.92. The third-order valence-corrected chi connectivity index (χ3v) is 5.07. The molecule has 0 bridgehead atoms. The van der Waals surface area contributed by atoms with E-state index in [0.29, 0.717) is 5.56 Å². The van der Waals surface area contributed by atoms with Gasteiger partial charge >= 0.3 is 0 Å². The molecule has 2 N–H and O–H groups in total. The number of amides is 1. The number of ether oxygens (including phenoxy) is 1. The SMILES string of the molecule is CCc1cc(C(=O)N2CCCCC2)ccc1Nc1ccc(C(O)OC)cc1. The fraction of sp³-hybridized carbons (Fsp3) is 0.409. The van der Waals surface area contributed by atoms with Crippen molar-refractivity contribution in [3.05, 3.63) is 59.2 Å². The first kappa shape index (κ1) is 19.4. The molecular weight excluding hydrogens is 340 g/mol. The van der Waals surface area contributed by atoms with E-state index in [-0.39, 0.29) is 5.91 Å². The van der Waals surface area contributed by atoms with Crippen LogP contribution in [0.25, 0.3) is 0 Å². The maximum absolute atomic E-state index is 12.7. The molecule has 1 heterocycles. The first-order chi connectivity index (χ1) is 13.1. The highest BCUT2D eigenvalue weighted by atomic mass is 16.6. The van der Waals surface area contributed by atoms with Gasteiger partial charge in [-0.1, -0.05) is 19.1 Å². The van der Waals surface area contributed by atoms with Crippen LogP contribution in [0.15, 0.2) is 42.5 Å². The van der Waals surface area contributed by atoms with Crippen molar-refractivity contribution in [3.63, 3.8) is 0 Å². The molecule has 1 amide bonds. The number of carbonyl (C=O) groups is 1. The van der Waals surface area contributed by atoms with Crippen molar-refractivity contribution in [2.75, 3.05) is 25.5 Å². The van der Waals surface area contributed by atoms with Crippen LogP contribution in [0.5, 0.6) is 0 Å². The molecule has 0 radical (unpaired) electrons. The molecule has 0 aliphatic carbocycles. The van der Waals surface area contributed by atoms with Crippen LogP contribution >= 0.6 is 0 Å². The van der Waals surface area contributed by atoms with E-state index in [0.717, 1.165) is 54.9 Å². The van der Waals surface area contributed by atoms with Gasteiger partial charge in [0, 0.05) is 42.7 Å². The number of hydrogen-bond acceptors (Lipinski definition) is 4. The molecule has 1 fully saturated rings. The summed E-state index contributed by atoms with van der Waals surface area (Å²) >= 11 is 0. The summed E-state index contributed by atoms with van der Waals surface area (Å²) in [4.78, 5) is 14.7. The number of hydrogen-bond donors (Lipinski definition) is 2. The van der Waals surface area contributed by atoms with E-state index in [1.165, 1.54) is 13.5 Å². The summed E-state index contributed by atoms with van der Waals surface area (Å²) in [6.45, 7) is 3.81. The summed E-state index contributed by atoms with van der Waals surface area (Å²) in [6, 6.07) is 13.4. The molecule has 1 atom stereocenters. The van der Waals surface area contributed by atoms with E-state index >= 15 is 0 Å². The maximum Gasteiger partial charge on any atom is 0.253 e. The van der Waals surface area contributed by atoms with Gasteiger partial charge in [0.25, 0.3) is 5.91 Å². The monoisotopic (exact) mass is 368 g/mol. The second-order valence-corrected chi connectivity index (χ2v) is 6.91. The summed E-state index contributed by atoms with van der Waals surface area (Å²) in [5.74, 6) is 0.133. The predicted molar refractivity (Wildman–Crippen MR) is 107 cm³/mol. The van der Waals surface area contributed by atoms with E-state index < -0.39 is 6.29 Å². The van der Waals surface area contributed by atoms with Crippen LogP contribution in [0.3, 0.4) is 0 Å². The maximum atomic E-state index is 12.7. The molecule has 1 unspecified atom stereocenters. The largest absolute Gasteiger partial charge is 0.364 e. The Morgan fingerprint density at radius 1 is 1.15 bits per heavy atom. The number of aryl methyl sites for hydroxylation is 1. The van der Waals surface area contributed by atoms with Gasteiger partial charge in [0.2, 0.25) is 0 Å². The van der Waals surface area contributed by atoms with Crippen LogP contribution in [0, 0.1) is 0 Å². The van der Waals surface area contributed by atoms with Gasteiger partial charge in [-0.2, -0.15) is 0 Å². The van der Waals surface area contributed by atoms with Crippen LogP contribution in [-0.4, -0.2) is 36.1 Å². The molecule has 0 spiro atoms. The number of anilines is 2. The van der Waals surface area contributed by atoms with Crippen LogP contribution in [-0.2, 0) is 11.2 Å². The second kappa shape index (κ2) is 9.02. The van der Waals surface area contributed by atoms with E-state index in [1.54, 1.807) is 0 Å². The van der Waals surface area contributed by atoms with Gasteiger partial charge in [0.05, 0.1) is 0 Å². The van der Waals surface area contributed by atoms with Gasteiger partial charge in [0.1, 0.15) is 0 Å². The van der Waals surface area contributed by atoms with Crippen molar-refractivity contribution < 1.29 is 14.6 Å². The highest BCUT2D eigenvalue weighted by Crippen LogP contribution is 2.25. The normalized spacial score (nSPS) is 15.4. The van der Waals surface area contributed by atoms with Crippen LogP contribution in [0.2, 0.25) is 0 Å². The summed E-state index contributed by atoms with van der Waals surface area (Å²) in [7, 11) is 1.47. The lowest BCUT2D eigenvalue weighted by molar-refractivity contribution is -0.0769. The highest BCUT2D eigenvalue weighted by molar-refractivity contribution is 5.95. The molecule has 1 aliphatic heterocycles. The quantitative estimate of drug-likeness (QED) is 0.748. The molecule has 0 saturated carbocycles. The van der Waals surface area contributed by atoms with Crippen LogP contribution < -0.4 is 5.32 Å². The molecule has 5 nitrogen and oxygen atoms in total. The first-order valence-corrected chi connectivity index (χ1v) is 9.62. The molecule has 3 rings (SSSR count). The Bertz CT molecular complexity index is 768. The number of methoxy groups -OCH3 is 1. The lowest BCUT2D eigenvalue weighted by Gasteiger charge is -2.27. The fourth-order valence-corrected chi connectivity index (χ4v) is 3.44. The summed E-state index contributed by atoms with van der Waals surface area (Å²) in [5.41, 5.74) is 4.50. The Balaban J connectivity index is 1.75. The number of piperidine rings is 1. The molecule has 1 aliphatic rings. The smallest absolute Gasteiger partial charge is 0.253 e. The van der Waals surface area contributed by atoms with Crippen molar-refractivity contribution in [3.8, 4) is 0 Å². The molecular formula is C22H28N2O3. The average Bonchev–Trinajstić information content (AvgIpc) is 2.74. The van der Waals surface area contributed by atoms with Crippen molar-refractivity contribution in [2.24, 2.45) is 0 Å². The third kappa shape index (κ3) is 4.67. The van der Waals surface area contributed by atoms with Gasteiger partial charge in [-0.25, -0.2) is 0 Å². The third-order valence-electron chi connectivity index (χ3n) is 5.07. The zero-order valence-corrected chi connectivity index (χ0v) is 16.1. The number of aliphatic hydroxyl groups excluding tert-OH is 1.